The van der Waals surface area contributed by atoms with Crippen LogP contribution in [-0.4, -0.2) is 14.8 Å². The fraction of sp³-hybridized carbons (Fsp3) is 0.167. The van der Waals surface area contributed by atoms with Crippen molar-refractivity contribution in [1.29, 1.82) is 0 Å². The van der Waals surface area contributed by atoms with E-state index in [4.69, 9.17) is 11.6 Å². The minimum Gasteiger partial charge on any atom is -0.357 e. The molecule has 0 aliphatic carbocycles. The Morgan fingerprint density at radius 3 is 3.11 bits per heavy atom. The van der Waals surface area contributed by atoms with Gasteiger partial charge in [0.25, 0.3) is 0 Å². The predicted molar refractivity (Wildman–Crippen MR) is 75.2 cm³/mol. The maximum atomic E-state index is 5.95. The second kappa shape index (κ2) is 4.59. The highest BCUT2D eigenvalue weighted by atomic mass is 35.5. The van der Waals surface area contributed by atoms with E-state index in [0.29, 0.717) is 0 Å². The number of hydrogen-bond donors (Lipinski definition) is 1. The number of nitrogens with zero attached hydrogens (tertiary/aromatic N) is 3. The molecule has 4 nitrogen and oxygen atoms in total. The molecule has 92 valence electrons. The molecule has 0 saturated heterocycles. The lowest BCUT2D eigenvalue weighted by Gasteiger charge is -1.97. The molecule has 2 aromatic heterocycles. The third kappa shape index (κ3) is 2.32. The quantitative estimate of drug-likeness (QED) is 0.799. The summed E-state index contributed by atoms with van der Waals surface area (Å²) >= 11 is 7.55. The molecule has 3 rings (SSSR count). The van der Waals surface area contributed by atoms with Gasteiger partial charge in [0, 0.05) is 30.4 Å². The van der Waals surface area contributed by atoms with E-state index in [1.54, 1.807) is 16.0 Å². The van der Waals surface area contributed by atoms with Gasteiger partial charge < -0.3 is 5.32 Å². The van der Waals surface area contributed by atoms with Crippen LogP contribution in [0.4, 0.5) is 5.13 Å². The first-order valence-corrected chi connectivity index (χ1v) is 6.68. The summed E-state index contributed by atoms with van der Waals surface area (Å²) in [7, 11) is 1.91. The lowest BCUT2D eigenvalue weighted by molar-refractivity contribution is 0.767. The third-order valence-electron chi connectivity index (χ3n) is 2.55. The van der Waals surface area contributed by atoms with Crippen molar-refractivity contribution >= 4 is 38.3 Å². The molecule has 1 aromatic carbocycles. The molecular weight excluding hydrogens is 268 g/mol. The van der Waals surface area contributed by atoms with E-state index < -0.39 is 0 Å². The topological polar surface area (TPSA) is 42.7 Å². The zero-order valence-corrected chi connectivity index (χ0v) is 11.3. The molecule has 18 heavy (non-hydrogen) atoms. The molecule has 0 atom stereocenters. The largest absolute Gasteiger partial charge is 0.357 e. The summed E-state index contributed by atoms with van der Waals surface area (Å²) in [6, 6.07) is 5.72. The Morgan fingerprint density at radius 1 is 1.44 bits per heavy atom. The zero-order valence-electron chi connectivity index (χ0n) is 9.72. The second-order valence-electron chi connectivity index (χ2n) is 4.01. The number of rotatable bonds is 3. The van der Waals surface area contributed by atoms with Crippen molar-refractivity contribution in [2.24, 2.45) is 7.05 Å². The van der Waals surface area contributed by atoms with Crippen LogP contribution in [0.15, 0.2) is 30.6 Å². The first-order chi connectivity index (χ1) is 8.70. The van der Waals surface area contributed by atoms with E-state index >= 15 is 0 Å². The number of hydrogen-bond acceptors (Lipinski definition) is 4. The van der Waals surface area contributed by atoms with Gasteiger partial charge in [-0.15, -0.1) is 0 Å². The maximum Gasteiger partial charge on any atom is 0.184 e. The van der Waals surface area contributed by atoms with Crippen molar-refractivity contribution in [2.75, 3.05) is 5.32 Å². The van der Waals surface area contributed by atoms with Crippen molar-refractivity contribution in [3.8, 4) is 0 Å². The zero-order chi connectivity index (χ0) is 12.5. The summed E-state index contributed by atoms with van der Waals surface area (Å²) in [5.74, 6) is 0. The highest BCUT2D eigenvalue weighted by Crippen LogP contribution is 2.28. The minimum atomic E-state index is 0.724. The average Bonchev–Trinajstić information content (AvgIpc) is 2.92. The SMILES string of the molecule is Cn1cc(CNc2nc3ccc(Cl)cc3s2)cn1. The van der Waals surface area contributed by atoms with Crippen LogP contribution < -0.4 is 5.32 Å². The summed E-state index contributed by atoms with van der Waals surface area (Å²) in [6.45, 7) is 0.724. The van der Waals surface area contributed by atoms with Gasteiger partial charge in [0.2, 0.25) is 0 Å². The number of fused-ring (bicyclic) bond motifs is 1. The number of anilines is 1. The standard InChI is InChI=1S/C12H11ClN4S/c1-17-7-8(6-15-17)5-14-12-16-10-3-2-9(13)4-11(10)18-12/h2-4,6-7H,5H2,1H3,(H,14,16). The van der Waals surface area contributed by atoms with Gasteiger partial charge in [-0.05, 0) is 18.2 Å². The number of thiazole rings is 1. The fourth-order valence-electron chi connectivity index (χ4n) is 1.71. The van der Waals surface area contributed by atoms with Crippen molar-refractivity contribution in [3.63, 3.8) is 0 Å². The average molecular weight is 279 g/mol. The molecule has 0 aliphatic heterocycles. The number of aryl methyl sites for hydroxylation is 1. The molecule has 0 saturated carbocycles. The molecule has 1 N–H and O–H groups in total. The molecular formula is C12H11ClN4S. The van der Waals surface area contributed by atoms with Gasteiger partial charge >= 0.3 is 0 Å². The molecule has 2 heterocycles. The Hall–Kier alpha value is -1.59. The van der Waals surface area contributed by atoms with Gasteiger partial charge in [-0.25, -0.2) is 4.98 Å². The smallest absolute Gasteiger partial charge is 0.184 e. The van der Waals surface area contributed by atoms with Crippen LogP contribution in [0, 0.1) is 0 Å². The van der Waals surface area contributed by atoms with Crippen molar-refractivity contribution < 1.29 is 0 Å². The highest BCUT2D eigenvalue weighted by molar-refractivity contribution is 7.22. The lowest BCUT2D eigenvalue weighted by Crippen LogP contribution is -1.97. The van der Waals surface area contributed by atoms with Gasteiger partial charge in [0.1, 0.15) is 0 Å². The first kappa shape index (κ1) is 11.5. The molecule has 0 radical (unpaired) electrons. The maximum absolute atomic E-state index is 5.95. The third-order valence-corrected chi connectivity index (χ3v) is 3.76. The van der Waals surface area contributed by atoms with Crippen LogP contribution in [0.2, 0.25) is 5.02 Å². The summed E-state index contributed by atoms with van der Waals surface area (Å²) in [5, 5.41) is 9.06. The Labute approximate surface area is 113 Å². The number of halogens is 1. The van der Waals surface area contributed by atoms with Crippen LogP contribution in [0.25, 0.3) is 10.2 Å². The minimum absolute atomic E-state index is 0.724. The van der Waals surface area contributed by atoms with E-state index in [1.165, 1.54) is 0 Å². The van der Waals surface area contributed by atoms with Crippen molar-refractivity contribution in [3.05, 3.63) is 41.2 Å². The van der Waals surface area contributed by atoms with E-state index in [0.717, 1.165) is 32.5 Å². The molecule has 0 fully saturated rings. The van der Waals surface area contributed by atoms with Crippen molar-refractivity contribution in [1.82, 2.24) is 14.8 Å². The van der Waals surface area contributed by atoms with E-state index in [1.807, 2.05) is 37.6 Å². The van der Waals surface area contributed by atoms with Gasteiger partial charge in [-0.2, -0.15) is 5.10 Å². The van der Waals surface area contributed by atoms with Crippen LogP contribution in [-0.2, 0) is 13.6 Å². The van der Waals surface area contributed by atoms with Crippen molar-refractivity contribution in [2.45, 2.75) is 6.54 Å². The second-order valence-corrected chi connectivity index (χ2v) is 5.47. The monoisotopic (exact) mass is 278 g/mol. The van der Waals surface area contributed by atoms with Crippen LogP contribution >= 0.6 is 22.9 Å². The highest BCUT2D eigenvalue weighted by Gasteiger charge is 2.04. The van der Waals surface area contributed by atoms with Gasteiger partial charge in [0.05, 0.1) is 16.4 Å². The molecule has 0 unspecified atom stereocenters. The van der Waals surface area contributed by atoms with Gasteiger partial charge in [0.15, 0.2) is 5.13 Å². The summed E-state index contributed by atoms with van der Waals surface area (Å²) in [5.41, 5.74) is 2.10. The fourth-order valence-corrected chi connectivity index (χ4v) is 2.85. The Kier molecular flexibility index (Phi) is 2.93. The first-order valence-electron chi connectivity index (χ1n) is 5.48. The van der Waals surface area contributed by atoms with Gasteiger partial charge in [-0.1, -0.05) is 22.9 Å². The number of benzene rings is 1. The van der Waals surface area contributed by atoms with E-state index in [-0.39, 0.29) is 0 Å². The van der Waals surface area contributed by atoms with Crippen LogP contribution in [0.1, 0.15) is 5.56 Å². The summed E-state index contributed by atoms with van der Waals surface area (Å²) in [6.07, 6.45) is 3.83. The molecule has 6 heteroatoms. The van der Waals surface area contributed by atoms with E-state index in [9.17, 15) is 0 Å². The Balaban J connectivity index is 1.78. The Bertz CT molecular complexity index is 688. The van der Waals surface area contributed by atoms with Crippen LogP contribution in [0.5, 0.6) is 0 Å². The number of nitrogens with one attached hydrogen (secondary N) is 1. The lowest BCUT2D eigenvalue weighted by atomic mass is 10.3. The van der Waals surface area contributed by atoms with Gasteiger partial charge in [-0.3, -0.25) is 4.68 Å². The Morgan fingerprint density at radius 2 is 2.33 bits per heavy atom. The number of aromatic nitrogens is 3. The van der Waals surface area contributed by atoms with E-state index in [2.05, 4.69) is 15.4 Å². The molecule has 0 bridgehead atoms. The predicted octanol–water partition coefficient (Wildman–Crippen LogP) is 3.30. The summed E-state index contributed by atoms with van der Waals surface area (Å²) in [4.78, 5) is 4.50. The molecule has 0 spiro atoms. The summed E-state index contributed by atoms with van der Waals surface area (Å²) < 4.78 is 2.88. The molecule has 0 amide bonds. The molecule has 3 aromatic rings. The molecule has 0 aliphatic rings. The van der Waals surface area contributed by atoms with Crippen LogP contribution in [0.3, 0.4) is 0 Å². The normalized spacial score (nSPS) is 11.0.